The van der Waals surface area contributed by atoms with Crippen LogP contribution in [-0.2, 0) is 14.3 Å². The Labute approximate surface area is 120 Å². The van der Waals surface area contributed by atoms with E-state index in [2.05, 4.69) is 14.7 Å². The first-order chi connectivity index (χ1) is 9.40. The summed E-state index contributed by atoms with van der Waals surface area (Å²) in [6.07, 6.45) is 0. The predicted octanol–water partition coefficient (Wildman–Crippen LogP) is 0.909. The van der Waals surface area contributed by atoms with Crippen molar-refractivity contribution in [1.82, 2.24) is 9.97 Å². The van der Waals surface area contributed by atoms with Crippen molar-refractivity contribution in [1.29, 1.82) is 0 Å². The second-order valence-electron chi connectivity index (χ2n) is 3.85. The van der Waals surface area contributed by atoms with Crippen molar-refractivity contribution in [3.63, 3.8) is 0 Å². The van der Waals surface area contributed by atoms with Crippen molar-refractivity contribution < 1.29 is 19.1 Å². The van der Waals surface area contributed by atoms with Gasteiger partial charge in [0.05, 0.1) is 13.7 Å². The number of carbonyl (C=O) groups is 2. The normalized spacial score (nSPS) is 11.8. The zero-order valence-electron chi connectivity index (χ0n) is 11.7. The van der Waals surface area contributed by atoms with E-state index in [1.807, 2.05) is 0 Å². The lowest BCUT2D eigenvalue weighted by atomic mass is 10.2. The maximum Gasteiger partial charge on any atom is 0.346 e. The summed E-state index contributed by atoms with van der Waals surface area (Å²) in [7, 11) is 1.27. The van der Waals surface area contributed by atoms with Gasteiger partial charge < -0.3 is 14.5 Å². The summed E-state index contributed by atoms with van der Waals surface area (Å²) in [6, 6.07) is 0. The molecule has 0 amide bonds. The summed E-state index contributed by atoms with van der Waals surface area (Å²) in [4.78, 5) is 40.9. The molecule has 7 nitrogen and oxygen atoms in total. The predicted molar refractivity (Wildman–Crippen MR) is 72.9 cm³/mol. The van der Waals surface area contributed by atoms with Crippen LogP contribution >= 0.6 is 11.8 Å². The highest BCUT2D eigenvalue weighted by molar-refractivity contribution is 8.00. The van der Waals surface area contributed by atoms with Gasteiger partial charge in [-0.05, 0) is 20.8 Å². The van der Waals surface area contributed by atoms with Gasteiger partial charge >= 0.3 is 17.6 Å². The molecule has 0 bridgehead atoms. The highest BCUT2D eigenvalue weighted by Crippen LogP contribution is 2.26. The first kappa shape index (κ1) is 16.2. The van der Waals surface area contributed by atoms with Crippen LogP contribution in [-0.4, -0.2) is 40.9 Å². The second-order valence-corrected chi connectivity index (χ2v) is 5.18. The van der Waals surface area contributed by atoms with Crippen LogP contribution in [0.5, 0.6) is 0 Å². The number of aromatic nitrogens is 2. The van der Waals surface area contributed by atoms with E-state index in [0.29, 0.717) is 5.69 Å². The van der Waals surface area contributed by atoms with Crippen molar-refractivity contribution in [3.05, 3.63) is 21.7 Å². The fourth-order valence-electron chi connectivity index (χ4n) is 1.47. The van der Waals surface area contributed by atoms with Gasteiger partial charge in [-0.3, -0.25) is 4.79 Å². The van der Waals surface area contributed by atoms with E-state index in [1.54, 1.807) is 20.8 Å². The Hall–Kier alpha value is -1.83. The van der Waals surface area contributed by atoms with Crippen molar-refractivity contribution in [2.75, 3.05) is 13.7 Å². The fourth-order valence-corrected chi connectivity index (χ4v) is 2.49. The highest BCUT2D eigenvalue weighted by Gasteiger charge is 2.23. The lowest BCUT2D eigenvalue weighted by Gasteiger charge is -2.12. The Morgan fingerprint density at radius 3 is 2.65 bits per heavy atom. The summed E-state index contributed by atoms with van der Waals surface area (Å²) in [5, 5.41) is -0.440. The molecule has 1 heterocycles. The maximum atomic E-state index is 11.9. The Balaban J connectivity index is 3.19. The van der Waals surface area contributed by atoms with Crippen LogP contribution in [0.4, 0.5) is 0 Å². The minimum atomic E-state index is -0.595. The number of hydrogen-bond acceptors (Lipinski definition) is 7. The maximum absolute atomic E-state index is 11.9. The molecular formula is C12H16N2O5S. The Morgan fingerprint density at radius 2 is 2.10 bits per heavy atom. The van der Waals surface area contributed by atoms with E-state index < -0.39 is 22.9 Å². The van der Waals surface area contributed by atoms with Crippen molar-refractivity contribution in [2.45, 2.75) is 31.0 Å². The molecule has 0 saturated heterocycles. The zero-order valence-corrected chi connectivity index (χ0v) is 12.5. The molecule has 110 valence electrons. The first-order valence-corrected chi connectivity index (χ1v) is 6.81. The summed E-state index contributed by atoms with van der Waals surface area (Å²) < 4.78 is 9.53. The number of rotatable bonds is 5. The van der Waals surface area contributed by atoms with E-state index in [9.17, 15) is 14.4 Å². The first-order valence-electron chi connectivity index (χ1n) is 5.93. The van der Waals surface area contributed by atoms with Gasteiger partial charge in [0.1, 0.15) is 15.8 Å². The van der Waals surface area contributed by atoms with Crippen molar-refractivity contribution >= 4 is 23.7 Å². The molecular weight excluding hydrogens is 284 g/mol. The van der Waals surface area contributed by atoms with Gasteiger partial charge in [-0.25, -0.2) is 9.59 Å². The number of methoxy groups -OCH3 is 1. The quantitative estimate of drug-likeness (QED) is 0.490. The molecule has 1 aromatic rings. The molecule has 0 aliphatic carbocycles. The third-order valence-electron chi connectivity index (χ3n) is 2.39. The molecule has 1 N–H and O–H groups in total. The molecule has 0 saturated carbocycles. The van der Waals surface area contributed by atoms with Crippen LogP contribution in [0.2, 0.25) is 0 Å². The number of aryl methyl sites for hydroxylation is 1. The molecule has 0 aromatic carbocycles. The molecule has 1 aromatic heterocycles. The number of esters is 2. The van der Waals surface area contributed by atoms with E-state index in [4.69, 9.17) is 4.74 Å². The largest absolute Gasteiger partial charge is 0.468 e. The molecule has 0 aliphatic rings. The second kappa shape index (κ2) is 7.09. The molecule has 0 spiro atoms. The molecule has 0 fully saturated rings. The Kier molecular flexibility index (Phi) is 5.75. The van der Waals surface area contributed by atoms with Crippen LogP contribution in [0.1, 0.15) is 29.9 Å². The third-order valence-corrected chi connectivity index (χ3v) is 3.45. The molecule has 0 aliphatic heterocycles. The van der Waals surface area contributed by atoms with Gasteiger partial charge in [0.15, 0.2) is 0 Å². The topological polar surface area (TPSA) is 98.3 Å². The number of hydrogen-bond donors (Lipinski definition) is 1. The third kappa shape index (κ3) is 3.83. The van der Waals surface area contributed by atoms with E-state index in [0.717, 1.165) is 11.8 Å². The molecule has 0 unspecified atom stereocenters. The van der Waals surface area contributed by atoms with Gasteiger partial charge in [0.25, 0.3) is 0 Å². The van der Waals surface area contributed by atoms with Crippen LogP contribution in [0.15, 0.2) is 9.82 Å². The van der Waals surface area contributed by atoms with Gasteiger partial charge in [0, 0.05) is 5.69 Å². The number of aromatic amines is 1. The SMILES string of the molecule is CCOC(=O)c1c(S[C@H](C)C(=O)OC)nc(=O)[nH]c1C. The van der Waals surface area contributed by atoms with Crippen LogP contribution < -0.4 is 5.69 Å². The van der Waals surface area contributed by atoms with Crippen LogP contribution in [0.25, 0.3) is 0 Å². The number of carbonyl (C=O) groups excluding carboxylic acids is 2. The van der Waals surface area contributed by atoms with E-state index in [1.165, 1.54) is 7.11 Å². The molecule has 20 heavy (non-hydrogen) atoms. The van der Waals surface area contributed by atoms with Gasteiger partial charge in [0.2, 0.25) is 0 Å². The van der Waals surface area contributed by atoms with Crippen LogP contribution in [0.3, 0.4) is 0 Å². The Morgan fingerprint density at radius 1 is 1.45 bits per heavy atom. The number of nitrogens with one attached hydrogen (secondary N) is 1. The lowest BCUT2D eigenvalue weighted by Crippen LogP contribution is -2.22. The molecule has 0 radical (unpaired) electrons. The number of nitrogens with zero attached hydrogens (tertiary/aromatic N) is 1. The summed E-state index contributed by atoms with van der Waals surface area (Å²) in [5.41, 5.74) is -0.0784. The van der Waals surface area contributed by atoms with Crippen LogP contribution in [0, 0.1) is 6.92 Å². The monoisotopic (exact) mass is 300 g/mol. The zero-order chi connectivity index (χ0) is 15.3. The molecule has 1 atom stereocenters. The van der Waals surface area contributed by atoms with Gasteiger partial charge in [-0.15, -0.1) is 0 Å². The van der Waals surface area contributed by atoms with Gasteiger partial charge in [-0.2, -0.15) is 4.98 Å². The summed E-state index contributed by atoms with van der Waals surface area (Å²) in [5.74, 6) is -1.06. The highest BCUT2D eigenvalue weighted by atomic mass is 32.2. The number of thioether (sulfide) groups is 1. The minimum Gasteiger partial charge on any atom is -0.468 e. The standard InChI is InChI=1S/C12H16N2O5S/c1-5-19-11(16)8-6(2)13-12(17)14-9(8)20-7(3)10(15)18-4/h7H,5H2,1-4H3,(H,13,14,17)/t7-/m1/s1. The lowest BCUT2D eigenvalue weighted by molar-refractivity contribution is -0.139. The summed E-state index contributed by atoms with van der Waals surface area (Å²) >= 11 is 0.979. The molecule has 8 heteroatoms. The van der Waals surface area contributed by atoms with Crippen molar-refractivity contribution in [3.8, 4) is 0 Å². The number of H-pyrrole nitrogens is 1. The average Bonchev–Trinajstić information content (AvgIpc) is 2.37. The minimum absolute atomic E-state index is 0.155. The summed E-state index contributed by atoms with van der Waals surface area (Å²) in [6.45, 7) is 5.05. The van der Waals surface area contributed by atoms with E-state index in [-0.39, 0.29) is 17.2 Å². The number of ether oxygens (including phenoxy) is 2. The van der Waals surface area contributed by atoms with E-state index >= 15 is 0 Å². The fraction of sp³-hybridized carbons (Fsp3) is 0.500. The molecule has 1 rings (SSSR count). The average molecular weight is 300 g/mol. The van der Waals surface area contributed by atoms with Gasteiger partial charge in [-0.1, -0.05) is 11.8 Å². The van der Waals surface area contributed by atoms with Crippen molar-refractivity contribution in [2.24, 2.45) is 0 Å². The Bertz CT molecular complexity index is 569. The smallest absolute Gasteiger partial charge is 0.346 e.